The van der Waals surface area contributed by atoms with E-state index in [1.54, 1.807) is 6.07 Å². The quantitative estimate of drug-likeness (QED) is 0.568. The van der Waals surface area contributed by atoms with Gasteiger partial charge in [0.25, 0.3) is 0 Å². The summed E-state index contributed by atoms with van der Waals surface area (Å²) in [6.07, 6.45) is 0.0123. The van der Waals surface area contributed by atoms with E-state index in [2.05, 4.69) is 15.5 Å². The van der Waals surface area contributed by atoms with E-state index < -0.39 is 11.9 Å². The smallest absolute Gasteiger partial charge is 0.243 e. The maximum absolute atomic E-state index is 12.8. The molecule has 3 rings (SSSR count). The van der Waals surface area contributed by atoms with Gasteiger partial charge in [0.15, 0.2) is 6.35 Å². The van der Waals surface area contributed by atoms with Gasteiger partial charge in [0.05, 0.1) is 0 Å². The van der Waals surface area contributed by atoms with E-state index in [1.165, 1.54) is 0 Å². The lowest BCUT2D eigenvalue weighted by atomic mass is 9.89. The van der Waals surface area contributed by atoms with Crippen LogP contribution < -0.4 is 15.5 Å². The number of aliphatic hydroxyl groups is 1. The van der Waals surface area contributed by atoms with Crippen molar-refractivity contribution >= 4 is 40.7 Å². The van der Waals surface area contributed by atoms with Crippen molar-refractivity contribution in [1.29, 1.82) is 0 Å². The Morgan fingerprint density at radius 1 is 1.17 bits per heavy atom. The van der Waals surface area contributed by atoms with Crippen LogP contribution in [-0.2, 0) is 9.59 Å². The number of anilines is 1. The molecule has 30 heavy (non-hydrogen) atoms. The van der Waals surface area contributed by atoms with Crippen LogP contribution in [0.4, 0.5) is 5.69 Å². The molecule has 166 valence electrons. The fourth-order valence-corrected chi connectivity index (χ4v) is 4.47. The number of carbonyl (C=O) groups is 2. The molecule has 0 aliphatic carbocycles. The van der Waals surface area contributed by atoms with Crippen molar-refractivity contribution in [3.05, 3.63) is 28.2 Å². The zero-order chi connectivity index (χ0) is 21.9. The van der Waals surface area contributed by atoms with E-state index in [0.29, 0.717) is 55.6 Å². The standard InChI is InChI=1S/C20H29Cl2N5O3/c1-25(2)6-5-20(18(29)23-19(30)24-20)4-3-17(28)27-9-7-26(8-10-27)16-12-14(21)11-15(22)13-16/h11-13,19,24,30H,3-10H2,1-2H3,(H,23,29). The second-order valence-electron chi connectivity index (χ2n) is 8.15. The van der Waals surface area contributed by atoms with Crippen LogP contribution in [0.15, 0.2) is 18.2 Å². The summed E-state index contributed by atoms with van der Waals surface area (Å²) in [5, 5.41) is 16.4. The van der Waals surface area contributed by atoms with Gasteiger partial charge >= 0.3 is 0 Å². The van der Waals surface area contributed by atoms with Crippen molar-refractivity contribution in [3.63, 3.8) is 0 Å². The third-order valence-electron chi connectivity index (χ3n) is 5.71. The second kappa shape index (κ2) is 9.70. The molecule has 1 aromatic rings. The van der Waals surface area contributed by atoms with Gasteiger partial charge in [-0.2, -0.15) is 0 Å². The fourth-order valence-electron chi connectivity index (χ4n) is 3.95. The number of carbonyl (C=O) groups excluding carboxylic acids is 2. The van der Waals surface area contributed by atoms with Gasteiger partial charge in [0, 0.05) is 48.3 Å². The molecule has 0 aromatic heterocycles. The lowest BCUT2D eigenvalue weighted by Crippen LogP contribution is -2.52. The van der Waals surface area contributed by atoms with Crippen molar-refractivity contribution in [2.45, 2.75) is 31.2 Å². The normalized spacial score (nSPS) is 24.5. The Labute approximate surface area is 187 Å². The van der Waals surface area contributed by atoms with Gasteiger partial charge in [0.1, 0.15) is 5.54 Å². The van der Waals surface area contributed by atoms with Crippen molar-refractivity contribution < 1.29 is 14.7 Å². The van der Waals surface area contributed by atoms with Crippen LogP contribution in [0.1, 0.15) is 19.3 Å². The van der Waals surface area contributed by atoms with Crippen LogP contribution in [0.25, 0.3) is 0 Å². The van der Waals surface area contributed by atoms with Crippen LogP contribution in [0, 0.1) is 0 Å². The number of nitrogens with zero attached hydrogens (tertiary/aromatic N) is 3. The third kappa shape index (κ3) is 5.56. The van der Waals surface area contributed by atoms with Gasteiger partial charge in [-0.15, -0.1) is 0 Å². The number of benzene rings is 1. The number of piperazine rings is 1. The number of rotatable bonds is 7. The molecule has 2 saturated heterocycles. The molecule has 8 nitrogen and oxygen atoms in total. The van der Waals surface area contributed by atoms with E-state index >= 15 is 0 Å². The second-order valence-corrected chi connectivity index (χ2v) is 9.02. The summed E-state index contributed by atoms with van der Waals surface area (Å²) in [6.45, 7) is 3.23. The molecule has 0 saturated carbocycles. The summed E-state index contributed by atoms with van der Waals surface area (Å²) >= 11 is 12.2. The number of hydrogen-bond donors (Lipinski definition) is 3. The van der Waals surface area contributed by atoms with E-state index in [-0.39, 0.29) is 18.2 Å². The first kappa shape index (κ1) is 23.1. The molecule has 2 unspecified atom stereocenters. The largest absolute Gasteiger partial charge is 0.368 e. The Bertz CT molecular complexity index is 765. The summed E-state index contributed by atoms with van der Waals surface area (Å²) in [4.78, 5) is 31.2. The molecule has 0 radical (unpaired) electrons. The minimum atomic E-state index is -1.08. The molecular formula is C20H29Cl2N5O3. The molecule has 2 heterocycles. The number of halogens is 2. The Morgan fingerprint density at radius 2 is 1.80 bits per heavy atom. The monoisotopic (exact) mass is 457 g/mol. The molecule has 2 fully saturated rings. The van der Waals surface area contributed by atoms with Gasteiger partial charge in [-0.05, 0) is 51.7 Å². The average molecular weight is 458 g/mol. The number of amides is 2. The van der Waals surface area contributed by atoms with Crippen molar-refractivity contribution in [1.82, 2.24) is 20.4 Å². The lowest BCUT2D eigenvalue weighted by Gasteiger charge is -2.37. The maximum atomic E-state index is 12.8. The fraction of sp³-hybridized carbons (Fsp3) is 0.600. The Kier molecular flexibility index (Phi) is 7.47. The summed E-state index contributed by atoms with van der Waals surface area (Å²) in [5.41, 5.74) is 0.0154. The highest BCUT2D eigenvalue weighted by Crippen LogP contribution is 2.27. The number of hydrogen-bond acceptors (Lipinski definition) is 6. The van der Waals surface area contributed by atoms with Crippen molar-refractivity contribution in [2.24, 2.45) is 0 Å². The molecule has 2 aliphatic rings. The molecule has 2 atom stereocenters. The third-order valence-corrected chi connectivity index (χ3v) is 6.15. The predicted octanol–water partition coefficient (Wildman–Crippen LogP) is 1.11. The Balaban J connectivity index is 1.55. The summed E-state index contributed by atoms with van der Waals surface area (Å²) in [7, 11) is 3.85. The SMILES string of the molecule is CN(C)CCC1(CCC(=O)N2CCN(c3cc(Cl)cc(Cl)c3)CC2)NC(O)NC1=O. The van der Waals surface area contributed by atoms with Crippen molar-refractivity contribution in [2.75, 3.05) is 51.7 Å². The Morgan fingerprint density at radius 3 is 2.33 bits per heavy atom. The molecule has 0 spiro atoms. The number of nitrogens with one attached hydrogen (secondary N) is 2. The maximum Gasteiger partial charge on any atom is 0.243 e. The first-order valence-corrected chi connectivity index (χ1v) is 10.8. The molecular weight excluding hydrogens is 429 g/mol. The molecule has 10 heteroatoms. The highest BCUT2D eigenvalue weighted by atomic mass is 35.5. The minimum Gasteiger partial charge on any atom is -0.368 e. The van der Waals surface area contributed by atoms with Crippen molar-refractivity contribution in [3.8, 4) is 0 Å². The van der Waals surface area contributed by atoms with Gasteiger partial charge in [-0.1, -0.05) is 23.2 Å². The predicted molar refractivity (Wildman–Crippen MR) is 118 cm³/mol. The summed E-state index contributed by atoms with van der Waals surface area (Å²) in [6, 6.07) is 5.44. The summed E-state index contributed by atoms with van der Waals surface area (Å²) < 4.78 is 0. The first-order chi connectivity index (χ1) is 14.2. The van der Waals surface area contributed by atoms with Crippen LogP contribution in [0.2, 0.25) is 10.0 Å². The molecule has 1 aromatic carbocycles. The lowest BCUT2D eigenvalue weighted by molar-refractivity contribution is -0.132. The van der Waals surface area contributed by atoms with Crippen LogP contribution in [-0.4, -0.2) is 85.4 Å². The number of aliphatic hydroxyl groups excluding tert-OH is 1. The van der Waals surface area contributed by atoms with Gasteiger partial charge in [-0.3, -0.25) is 14.9 Å². The first-order valence-electron chi connectivity index (χ1n) is 10.1. The zero-order valence-electron chi connectivity index (χ0n) is 17.3. The topological polar surface area (TPSA) is 88.2 Å². The zero-order valence-corrected chi connectivity index (χ0v) is 18.8. The van der Waals surface area contributed by atoms with E-state index in [9.17, 15) is 14.7 Å². The van der Waals surface area contributed by atoms with Gasteiger partial charge in [0.2, 0.25) is 11.8 Å². The van der Waals surface area contributed by atoms with E-state index in [1.807, 2.05) is 36.0 Å². The molecule has 0 bridgehead atoms. The van der Waals surface area contributed by atoms with Gasteiger partial charge < -0.3 is 25.1 Å². The van der Waals surface area contributed by atoms with E-state index in [4.69, 9.17) is 23.2 Å². The van der Waals surface area contributed by atoms with Crippen LogP contribution in [0.5, 0.6) is 0 Å². The van der Waals surface area contributed by atoms with E-state index in [0.717, 1.165) is 5.69 Å². The highest BCUT2D eigenvalue weighted by Gasteiger charge is 2.45. The molecule has 3 N–H and O–H groups in total. The summed E-state index contributed by atoms with van der Waals surface area (Å²) in [5.74, 6) is -0.244. The molecule has 2 aliphatic heterocycles. The minimum absolute atomic E-state index is 0.0130. The highest BCUT2D eigenvalue weighted by molar-refractivity contribution is 6.35. The van der Waals surface area contributed by atoms with Crippen LogP contribution in [0.3, 0.4) is 0 Å². The van der Waals surface area contributed by atoms with Crippen LogP contribution >= 0.6 is 23.2 Å². The Hall–Kier alpha value is -1.58. The average Bonchev–Trinajstić information content (AvgIpc) is 2.97. The van der Waals surface area contributed by atoms with Gasteiger partial charge in [-0.25, -0.2) is 0 Å². The molecule has 2 amide bonds.